The number of ketones is 1. The minimum Gasteiger partial charge on any atom is -0.368 e. The number of nitrogen functional groups attached to an aromatic ring is 1. The van der Waals surface area contributed by atoms with Gasteiger partial charge in [-0.15, -0.1) is 0 Å². The van der Waals surface area contributed by atoms with Crippen LogP contribution >= 0.6 is 0 Å². The van der Waals surface area contributed by atoms with Crippen LogP contribution in [-0.4, -0.2) is 40.7 Å². The van der Waals surface area contributed by atoms with E-state index in [1.165, 1.54) is 11.1 Å². The number of nitrogens with zero attached hydrogens (tertiary/aromatic N) is 2. The van der Waals surface area contributed by atoms with E-state index in [9.17, 15) is 13.2 Å². The van der Waals surface area contributed by atoms with E-state index in [1.54, 1.807) is 12.4 Å². The molecule has 2 aromatic carbocycles. The summed E-state index contributed by atoms with van der Waals surface area (Å²) >= 11 is 0. The van der Waals surface area contributed by atoms with Gasteiger partial charge in [-0.2, -0.15) is 0 Å². The summed E-state index contributed by atoms with van der Waals surface area (Å²) in [6.07, 6.45) is 9.60. The quantitative estimate of drug-likeness (QED) is 0.371. The van der Waals surface area contributed by atoms with E-state index >= 15 is 0 Å². The molecule has 36 heavy (non-hydrogen) atoms. The Morgan fingerprint density at radius 3 is 2.44 bits per heavy atom. The molecule has 1 aliphatic carbocycles. The number of aromatic nitrogens is 3. The van der Waals surface area contributed by atoms with Crippen LogP contribution in [0.3, 0.4) is 0 Å². The third-order valence-electron chi connectivity index (χ3n) is 7.98. The fraction of sp³-hybridized carbons (Fsp3) is 0.321. The van der Waals surface area contributed by atoms with E-state index in [-0.39, 0.29) is 41.0 Å². The fourth-order valence-corrected chi connectivity index (χ4v) is 7.76. The average molecular weight is 501 g/mol. The van der Waals surface area contributed by atoms with Gasteiger partial charge < -0.3 is 10.7 Å². The van der Waals surface area contributed by atoms with Gasteiger partial charge >= 0.3 is 0 Å². The van der Waals surface area contributed by atoms with Crippen LogP contribution in [0, 0.1) is 5.92 Å². The highest BCUT2D eigenvalue weighted by Gasteiger charge is 2.42. The third-order valence-corrected chi connectivity index (χ3v) is 9.82. The number of nitrogens with one attached hydrogen (secondary N) is 1. The van der Waals surface area contributed by atoms with Gasteiger partial charge in [0.05, 0.1) is 17.0 Å². The molecule has 3 heterocycles. The maximum atomic E-state index is 13.2. The van der Waals surface area contributed by atoms with Crippen LogP contribution in [0.4, 0.5) is 5.95 Å². The molecule has 0 bridgehead atoms. The molecule has 2 aromatic heterocycles. The Balaban J connectivity index is 1.32. The molecule has 3 N–H and O–H groups in total. The van der Waals surface area contributed by atoms with Gasteiger partial charge in [0.2, 0.25) is 5.95 Å². The zero-order valence-corrected chi connectivity index (χ0v) is 20.7. The SMILES string of the molecule is Nc1ncc(-c2ccc(C3(c4c[nH]c5c(C(=O)CC6CCS(=O)(=O)C6)cccc45)CCC3)cc2)cn1. The standard InChI is InChI=1S/C28H28N4O3S/c29-27-31-14-20(15-32-27)19-5-7-21(8-6-19)28(10-2-11-28)24-16-30-26-22(24)3-1-4-23(26)25(33)13-18-9-12-36(34,35)17-18/h1,3-8,14-16,18,30H,2,9-13,17H2,(H2,29,31,32). The second kappa shape index (κ2) is 8.55. The number of para-hydroxylation sites is 1. The summed E-state index contributed by atoms with van der Waals surface area (Å²) in [7, 11) is -3.00. The van der Waals surface area contributed by atoms with Crippen molar-refractivity contribution in [3.8, 4) is 11.1 Å². The number of sulfone groups is 1. The molecule has 4 aromatic rings. The van der Waals surface area contributed by atoms with E-state index in [1.807, 2.05) is 12.1 Å². The number of nitrogens with two attached hydrogens (primary N) is 1. The Morgan fingerprint density at radius 2 is 1.81 bits per heavy atom. The number of carbonyl (C=O) groups excluding carboxylic acids is 1. The molecule has 0 amide bonds. The number of fused-ring (bicyclic) bond motifs is 1. The highest BCUT2D eigenvalue weighted by molar-refractivity contribution is 7.91. The highest BCUT2D eigenvalue weighted by atomic mass is 32.2. The molecule has 1 aliphatic heterocycles. The Labute approximate surface area is 210 Å². The molecule has 6 rings (SSSR count). The molecule has 0 spiro atoms. The Morgan fingerprint density at radius 1 is 1.06 bits per heavy atom. The molecular formula is C28H28N4O3S. The predicted molar refractivity (Wildman–Crippen MR) is 141 cm³/mol. The van der Waals surface area contributed by atoms with Crippen LogP contribution in [0.1, 0.15) is 53.6 Å². The van der Waals surface area contributed by atoms with Crippen LogP contribution in [0.5, 0.6) is 0 Å². The summed E-state index contributed by atoms with van der Waals surface area (Å²) in [5, 5.41) is 1.07. The van der Waals surface area contributed by atoms with Crippen LogP contribution in [0.15, 0.2) is 61.1 Å². The Bertz CT molecular complexity index is 1550. The lowest BCUT2D eigenvalue weighted by atomic mass is 9.60. The first-order valence-electron chi connectivity index (χ1n) is 12.4. The number of aromatic amines is 1. The summed E-state index contributed by atoms with van der Waals surface area (Å²) in [5.74, 6) is 0.485. The zero-order chi connectivity index (χ0) is 24.9. The van der Waals surface area contributed by atoms with Crippen LogP contribution in [0.2, 0.25) is 0 Å². The normalized spacial score (nSPS) is 20.3. The number of Topliss-reactive ketones (excluding diaryl/α,β-unsaturated/α-hetero) is 1. The van der Waals surface area contributed by atoms with Crippen molar-refractivity contribution in [2.75, 3.05) is 17.2 Å². The summed E-state index contributed by atoms with van der Waals surface area (Å²) in [6.45, 7) is 0. The molecular weight excluding hydrogens is 472 g/mol. The first-order chi connectivity index (χ1) is 17.3. The van der Waals surface area contributed by atoms with Crippen molar-refractivity contribution >= 4 is 32.5 Å². The van der Waals surface area contributed by atoms with Gasteiger partial charge in [0.15, 0.2) is 15.6 Å². The second-order valence-electron chi connectivity index (χ2n) is 10.2. The molecule has 2 fully saturated rings. The third kappa shape index (κ3) is 3.89. The molecule has 1 atom stereocenters. The maximum absolute atomic E-state index is 13.2. The van der Waals surface area contributed by atoms with Gasteiger partial charge in [0, 0.05) is 46.9 Å². The lowest BCUT2D eigenvalue weighted by Crippen LogP contribution is -2.35. The number of anilines is 1. The Hall–Kier alpha value is -3.52. The molecule has 7 nitrogen and oxygen atoms in total. The molecule has 184 valence electrons. The van der Waals surface area contributed by atoms with Gasteiger partial charge in [-0.3, -0.25) is 4.79 Å². The van der Waals surface area contributed by atoms with Gasteiger partial charge in [-0.1, -0.05) is 42.8 Å². The van der Waals surface area contributed by atoms with Crippen LogP contribution in [-0.2, 0) is 15.3 Å². The highest BCUT2D eigenvalue weighted by Crippen LogP contribution is 2.51. The van der Waals surface area contributed by atoms with Crippen molar-refractivity contribution in [2.24, 2.45) is 5.92 Å². The lowest BCUT2D eigenvalue weighted by molar-refractivity contribution is 0.0967. The number of rotatable bonds is 6. The summed E-state index contributed by atoms with van der Waals surface area (Å²) < 4.78 is 23.7. The van der Waals surface area contributed by atoms with Gasteiger partial charge in [-0.05, 0) is 47.9 Å². The average Bonchev–Trinajstić information content (AvgIpc) is 3.42. The molecule has 1 saturated carbocycles. The minimum absolute atomic E-state index is 0.00818. The van der Waals surface area contributed by atoms with E-state index in [0.717, 1.165) is 41.3 Å². The minimum atomic E-state index is -3.00. The number of H-pyrrole nitrogens is 1. The largest absolute Gasteiger partial charge is 0.368 e. The van der Waals surface area contributed by atoms with E-state index in [2.05, 4.69) is 51.5 Å². The number of hydrogen-bond acceptors (Lipinski definition) is 6. The zero-order valence-electron chi connectivity index (χ0n) is 19.9. The smallest absolute Gasteiger partial charge is 0.219 e. The summed E-state index contributed by atoms with van der Waals surface area (Å²) in [4.78, 5) is 24.8. The number of carbonyl (C=O) groups is 1. The number of hydrogen-bond donors (Lipinski definition) is 2. The lowest BCUT2D eigenvalue weighted by Gasteiger charge is -2.43. The first kappa shape index (κ1) is 22.9. The van der Waals surface area contributed by atoms with Gasteiger partial charge in [-0.25, -0.2) is 18.4 Å². The van der Waals surface area contributed by atoms with Crippen molar-refractivity contribution in [1.82, 2.24) is 15.0 Å². The van der Waals surface area contributed by atoms with Crippen LogP contribution in [0.25, 0.3) is 22.0 Å². The van der Waals surface area contributed by atoms with E-state index in [0.29, 0.717) is 12.0 Å². The molecule has 0 radical (unpaired) electrons. The summed E-state index contributed by atoms with van der Waals surface area (Å²) in [6, 6.07) is 14.4. The maximum Gasteiger partial charge on any atom is 0.219 e. The van der Waals surface area contributed by atoms with Crippen molar-refractivity contribution in [1.29, 1.82) is 0 Å². The number of benzene rings is 2. The fourth-order valence-electron chi connectivity index (χ4n) is 5.90. The molecule has 1 saturated heterocycles. The first-order valence-corrected chi connectivity index (χ1v) is 14.2. The van der Waals surface area contributed by atoms with E-state index < -0.39 is 9.84 Å². The Kier molecular flexibility index (Phi) is 5.44. The molecule has 1 unspecified atom stereocenters. The van der Waals surface area contributed by atoms with Crippen molar-refractivity contribution in [3.63, 3.8) is 0 Å². The van der Waals surface area contributed by atoms with Gasteiger partial charge in [0.25, 0.3) is 0 Å². The van der Waals surface area contributed by atoms with Crippen molar-refractivity contribution in [2.45, 2.75) is 37.5 Å². The van der Waals surface area contributed by atoms with Crippen LogP contribution < -0.4 is 5.73 Å². The second-order valence-corrected chi connectivity index (χ2v) is 12.4. The predicted octanol–water partition coefficient (Wildman–Crippen LogP) is 4.68. The monoisotopic (exact) mass is 500 g/mol. The molecule has 8 heteroatoms. The topological polar surface area (TPSA) is 119 Å². The molecule has 2 aliphatic rings. The van der Waals surface area contributed by atoms with Gasteiger partial charge in [0.1, 0.15) is 0 Å². The van der Waals surface area contributed by atoms with E-state index in [4.69, 9.17) is 5.73 Å². The summed E-state index contributed by atoms with van der Waals surface area (Å²) in [5.41, 5.74) is 11.4. The van der Waals surface area contributed by atoms with Crippen molar-refractivity contribution < 1.29 is 13.2 Å². The van der Waals surface area contributed by atoms with Crippen molar-refractivity contribution in [3.05, 3.63) is 77.7 Å².